The third kappa shape index (κ3) is 2.83. The zero-order chi connectivity index (χ0) is 14.0. The SMILES string of the molecule is O=C1[C@@H](OCc2ccccc2)[C@@H](O)[C@H](O)[C@H](O)[C@H]1O. The van der Waals surface area contributed by atoms with Crippen LogP contribution in [0.5, 0.6) is 0 Å². The van der Waals surface area contributed by atoms with Crippen molar-refractivity contribution < 1.29 is 30.0 Å². The van der Waals surface area contributed by atoms with Crippen LogP contribution in [0.2, 0.25) is 0 Å². The van der Waals surface area contributed by atoms with Crippen LogP contribution >= 0.6 is 0 Å². The Hall–Kier alpha value is -1.31. The molecule has 6 heteroatoms. The summed E-state index contributed by atoms with van der Waals surface area (Å²) in [6, 6.07) is 8.98. The first-order valence-electron chi connectivity index (χ1n) is 5.94. The molecule has 19 heavy (non-hydrogen) atoms. The summed E-state index contributed by atoms with van der Waals surface area (Å²) < 4.78 is 5.25. The highest BCUT2D eigenvalue weighted by molar-refractivity contribution is 5.89. The van der Waals surface area contributed by atoms with Crippen molar-refractivity contribution in [3.05, 3.63) is 35.9 Å². The van der Waals surface area contributed by atoms with Gasteiger partial charge in [-0.05, 0) is 5.56 Å². The molecule has 2 rings (SSSR count). The summed E-state index contributed by atoms with van der Waals surface area (Å²) in [5, 5.41) is 38.0. The normalized spacial score (nSPS) is 35.4. The van der Waals surface area contributed by atoms with Gasteiger partial charge in [0.15, 0.2) is 5.78 Å². The third-order valence-electron chi connectivity index (χ3n) is 3.18. The quantitative estimate of drug-likeness (QED) is 0.537. The van der Waals surface area contributed by atoms with Gasteiger partial charge in [-0.15, -0.1) is 0 Å². The number of aliphatic hydroxyl groups is 4. The number of ketones is 1. The maximum Gasteiger partial charge on any atom is 0.195 e. The molecule has 0 amide bonds. The molecule has 0 unspecified atom stereocenters. The fourth-order valence-corrected chi connectivity index (χ4v) is 2.01. The van der Waals surface area contributed by atoms with E-state index < -0.39 is 36.3 Å². The second-order valence-corrected chi connectivity index (χ2v) is 4.54. The highest BCUT2D eigenvalue weighted by atomic mass is 16.5. The first-order valence-corrected chi connectivity index (χ1v) is 5.94. The molecule has 1 aliphatic rings. The first-order chi connectivity index (χ1) is 9.02. The van der Waals surface area contributed by atoms with Crippen molar-refractivity contribution in [3.63, 3.8) is 0 Å². The Morgan fingerprint density at radius 2 is 1.58 bits per heavy atom. The fraction of sp³-hybridized carbons (Fsp3) is 0.462. The third-order valence-corrected chi connectivity index (χ3v) is 3.18. The molecule has 0 radical (unpaired) electrons. The predicted molar refractivity (Wildman–Crippen MR) is 64.1 cm³/mol. The van der Waals surface area contributed by atoms with Crippen LogP contribution in [-0.4, -0.2) is 56.7 Å². The fourth-order valence-electron chi connectivity index (χ4n) is 2.01. The van der Waals surface area contributed by atoms with Crippen LogP contribution in [0.25, 0.3) is 0 Å². The molecule has 0 spiro atoms. The van der Waals surface area contributed by atoms with Crippen LogP contribution in [0, 0.1) is 0 Å². The Bertz CT molecular complexity index is 434. The first kappa shape index (κ1) is 14.1. The molecule has 0 heterocycles. The van der Waals surface area contributed by atoms with E-state index in [9.17, 15) is 25.2 Å². The van der Waals surface area contributed by atoms with E-state index in [1.807, 2.05) is 6.07 Å². The molecular weight excluding hydrogens is 252 g/mol. The zero-order valence-electron chi connectivity index (χ0n) is 10.1. The molecular formula is C13H16O6. The Kier molecular flexibility index (Phi) is 4.28. The van der Waals surface area contributed by atoms with Crippen molar-refractivity contribution in [2.75, 3.05) is 0 Å². The van der Waals surface area contributed by atoms with E-state index >= 15 is 0 Å². The van der Waals surface area contributed by atoms with E-state index in [1.54, 1.807) is 24.3 Å². The molecule has 0 aliphatic heterocycles. The maximum absolute atomic E-state index is 11.7. The number of Topliss-reactive ketones (excluding diaryl/α,β-unsaturated/α-hetero) is 1. The predicted octanol–water partition coefficient (Wildman–Crippen LogP) is -1.40. The number of benzene rings is 1. The molecule has 1 fully saturated rings. The molecule has 1 aromatic carbocycles. The number of ether oxygens (including phenoxy) is 1. The molecule has 0 aromatic heterocycles. The zero-order valence-corrected chi connectivity index (χ0v) is 10.1. The van der Waals surface area contributed by atoms with Crippen molar-refractivity contribution in [1.82, 2.24) is 0 Å². The van der Waals surface area contributed by atoms with Crippen molar-refractivity contribution in [2.45, 2.75) is 37.1 Å². The number of hydrogen-bond acceptors (Lipinski definition) is 6. The summed E-state index contributed by atoms with van der Waals surface area (Å²) in [4.78, 5) is 11.7. The number of rotatable bonds is 3. The number of carbonyl (C=O) groups excluding carboxylic acids is 1. The number of hydrogen-bond donors (Lipinski definition) is 4. The van der Waals surface area contributed by atoms with Gasteiger partial charge in [-0.1, -0.05) is 30.3 Å². The molecule has 1 aliphatic carbocycles. The van der Waals surface area contributed by atoms with Crippen LogP contribution in [0.3, 0.4) is 0 Å². The van der Waals surface area contributed by atoms with Gasteiger partial charge in [0, 0.05) is 0 Å². The molecule has 0 saturated heterocycles. The lowest BCUT2D eigenvalue weighted by Crippen LogP contribution is -2.62. The van der Waals surface area contributed by atoms with Crippen LogP contribution < -0.4 is 0 Å². The van der Waals surface area contributed by atoms with Gasteiger partial charge in [0.05, 0.1) is 6.61 Å². The summed E-state index contributed by atoms with van der Waals surface area (Å²) in [5.41, 5.74) is 0.789. The van der Waals surface area contributed by atoms with Crippen LogP contribution in [0.4, 0.5) is 0 Å². The molecule has 104 valence electrons. The van der Waals surface area contributed by atoms with Gasteiger partial charge in [0.2, 0.25) is 0 Å². The van der Waals surface area contributed by atoms with Gasteiger partial charge in [0.25, 0.3) is 0 Å². The summed E-state index contributed by atoms with van der Waals surface area (Å²) in [6.45, 7) is 0.0594. The van der Waals surface area contributed by atoms with Crippen LogP contribution in [0.15, 0.2) is 30.3 Å². The lowest BCUT2D eigenvalue weighted by atomic mass is 9.86. The maximum atomic E-state index is 11.7. The second-order valence-electron chi connectivity index (χ2n) is 4.54. The molecule has 6 nitrogen and oxygen atoms in total. The summed E-state index contributed by atoms with van der Waals surface area (Å²) in [5.74, 6) is -0.832. The lowest BCUT2D eigenvalue weighted by Gasteiger charge is -2.36. The minimum absolute atomic E-state index is 0.0594. The minimum atomic E-state index is -1.75. The monoisotopic (exact) mass is 268 g/mol. The van der Waals surface area contributed by atoms with E-state index in [4.69, 9.17) is 4.74 Å². The van der Waals surface area contributed by atoms with Crippen molar-refractivity contribution in [1.29, 1.82) is 0 Å². The van der Waals surface area contributed by atoms with Gasteiger partial charge < -0.3 is 25.2 Å². The Morgan fingerprint density at radius 3 is 2.21 bits per heavy atom. The molecule has 5 atom stereocenters. The van der Waals surface area contributed by atoms with Crippen molar-refractivity contribution >= 4 is 5.78 Å². The Morgan fingerprint density at radius 1 is 0.947 bits per heavy atom. The minimum Gasteiger partial charge on any atom is -0.387 e. The van der Waals surface area contributed by atoms with Gasteiger partial charge in [-0.3, -0.25) is 4.79 Å². The largest absolute Gasteiger partial charge is 0.387 e. The average Bonchev–Trinajstić information content (AvgIpc) is 2.44. The highest BCUT2D eigenvalue weighted by Gasteiger charge is 2.48. The van der Waals surface area contributed by atoms with E-state index in [0.717, 1.165) is 5.56 Å². The molecule has 0 bridgehead atoms. The highest BCUT2D eigenvalue weighted by Crippen LogP contribution is 2.21. The van der Waals surface area contributed by atoms with Gasteiger partial charge >= 0.3 is 0 Å². The van der Waals surface area contributed by atoms with Gasteiger partial charge in [-0.2, -0.15) is 0 Å². The Balaban J connectivity index is 2.04. The summed E-state index contributed by atoms with van der Waals surface area (Å²) in [7, 11) is 0. The Labute approximate surface area is 109 Å². The van der Waals surface area contributed by atoms with E-state index in [2.05, 4.69) is 0 Å². The van der Waals surface area contributed by atoms with Crippen molar-refractivity contribution in [3.8, 4) is 0 Å². The topological polar surface area (TPSA) is 107 Å². The van der Waals surface area contributed by atoms with Crippen LogP contribution in [0.1, 0.15) is 5.56 Å². The summed E-state index contributed by atoms with van der Waals surface area (Å²) >= 11 is 0. The summed E-state index contributed by atoms with van der Waals surface area (Å²) in [6.07, 6.45) is -7.98. The van der Waals surface area contributed by atoms with Crippen molar-refractivity contribution in [2.24, 2.45) is 0 Å². The number of carbonyl (C=O) groups is 1. The molecule has 4 N–H and O–H groups in total. The van der Waals surface area contributed by atoms with Gasteiger partial charge in [-0.25, -0.2) is 0 Å². The van der Waals surface area contributed by atoms with E-state index in [-0.39, 0.29) is 6.61 Å². The second kappa shape index (κ2) is 5.77. The average molecular weight is 268 g/mol. The smallest absolute Gasteiger partial charge is 0.195 e. The molecule has 1 aromatic rings. The van der Waals surface area contributed by atoms with E-state index in [1.165, 1.54) is 0 Å². The number of aliphatic hydroxyl groups excluding tert-OH is 4. The van der Waals surface area contributed by atoms with Gasteiger partial charge in [0.1, 0.15) is 30.5 Å². The molecule has 1 saturated carbocycles. The lowest BCUT2D eigenvalue weighted by molar-refractivity contribution is -0.195. The van der Waals surface area contributed by atoms with E-state index in [0.29, 0.717) is 0 Å². The van der Waals surface area contributed by atoms with Crippen LogP contribution in [-0.2, 0) is 16.1 Å². The standard InChI is InChI=1S/C13H16O6/c14-8-9(15)11(17)13(12(18)10(8)16)19-6-7-4-2-1-3-5-7/h1-5,8-11,13-17H,6H2/t8-,9+,10+,11-,13-/m0/s1.